The Bertz CT molecular complexity index is 870. The maximum atomic E-state index is 14.6. The number of anilines is 1. The summed E-state index contributed by atoms with van der Waals surface area (Å²) in [6, 6.07) is 6.55. The van der Waals surface area contributed by atoms with Gasteiger partial charge in [-0.15, -0.1) is 0 Å². The molecule has 1 aliphatic heterocycles. The van der Waals surface area contributed by atoms with E-state index in [4.69, 9.17) is 4.74 Å². The van der Waals surface area contributed by atoms with Crippen molar-refractivity contribution in [3.8, 4) is 11.3 Å². The lowest BCUT2D eigenvalue weighted by Crippen LogP contribution is -2.41. The van der Waals surface area contributed by atoms with Crippen LogP contribution in [0.3, 0.4) is 0 Å². The highest BCUT2D eigenvalue weighted by atomic mass is 19.1. The van der Waals surface area contributed by atoms with Crippen LogP contribution < -0.4 is 10.2 Å². The maximum absolute atomic E-state index is 14.6. The van der Waals surface area contributed by atoms with E-state index in [1.807, 2.05) is 4.90 Å². The van der Waals surface area contributed by atoms with Gasteiger partial charge in [-0.25, -0.2) is 14.4 Å². The molecule has 1 aromatic heterocycles. The van der Waals surface area contributed by atoms with E-state index >= 15 is 0 Å². The van der Waals surface area contributed by atoms with Crippen molar-refractivity contribution in [2.45, 2.75) is 38.6 Å². The number of benzene rings is 1. The van der Waals surface area contributed by atoms with Crippen LogP contribution in [-0.4, -0.2) is 48.2 Å². The molecule has 0 radical (unpaired) electrons. The third-order valence-electron chi connectivity index (χ3n) is 5.87. The quantitative estimate of drug-likeness (QED) is 0.855. The van der Waals surface area contributed by atoms with Gasteiger partial charge in [0.15, 0.2) is 0 Å². The van der Waals surface area contributed by atoms with Gasteiger partial charge < -0.3 is 15.0 Å². The number of carbonyl (C=O) groups is 1. The lowest BCUT2D eigenvalue weighted by Gasteiger charge is -2.30. The number of aromatic nitrogens is 2. The molecule has 2 unspecified atom stereocenters. The highest BCUT2D eigenvalue weighted by molar-refractivity contribution is 6.00. The normalized spacial score (nSPS) is 22.3. The zero-order valence-corrected chi connectivity index (χ0v) is 16.7. The molecule has 1 amide bonds. The average molecular weight is 398 g/mol. The number of nitrogens with one attached hydrogen (secondary N) is 1. The van der Waals surface area contributed by atoms with Gasteiger partial charge in [-0.2, -0.15) is 0 Å². The van der Waals surface area contributed by atoms with Crippen molar-refractivity contribution in [3.05, 3.63) is 41.8 Å². The minimum atomic E-state index is -0.404. The van der Waals surface area contributed by atoms with E-state index in [2.05, 4.69) is 22.2 Å². The number of nitrogens with zero attached hydrogens (tertiary/aromatic N) is 3. The molecule has 6 nitrogen and oxygen atoms in total. The van der Waals surface area contributed by atoms with E-state index in [-0.39, 0.29) is 11.9 Å². The third-order valence-corrected chi connectivity index (χ3v) is 5.87. The number of halogens is 1. The smallest absolute Gasteiger partial charge is 0.255 e. The van der Waals surface area contributed by atoms with Crippen LogP contribution in [0.5, 0.6) is 0 Å². The maximum Gasteiger partial charge on any atom is 0.255 e. The molecule has 154 valence electrons. The predicted octanol–water partition coefficient (Wildman–Crippen LogP) is 3.43. The second-order valence-corrected chi connectivity index (χ2v) is 7.85. The summed E-state index contributed by atoms with van der Waals surface area (Å²) < 4.78 is 20.0. The molecule has 1 saturated heterocycles. The lowest BCUT2D eigenvalue weighted by molar-refractivity contribution is 0.0910. The van der Waals surface area contributed by atoms with Crippen LogP contribution in [-0.2, 0) is 4.74 Å². The van der Waals surface area contributed by atoms with Crippen LogP contribution in [0.2, 0.25) is 0 Å². The summed E-state index contributed by atoms with van der Waals surface area (Å²) in [6.07, 6.45) is 5.92. The van der Waals surface area contributed by atoms with Gasteiger partial charge in [0.25, 0.3) is 5.91 Å². The summed E-state index contributed by atoms with van der Waals surface area (Å²) >= 11 is 0. The lowest BCUT2D eigenvalue weighted by atomic mass is 9.86. The number of ether oxygens (including phenoxy) is 1. The van der Waals surface area contributed by atoms with Crippen LogP contribution in [0, 0.1) is 11.7 Å². The van der Waals surface area contributed by atoms with Crippen LogP contribution in [0.1, 0.15) is 43.0 Å². The van der Waals surface area contributed by atoms with Crippen LogP contribution >= 0.6 is 0 Å². The number of morpholine rings is 1. The first kappa shape index (κ1) is 19.8. The second kappa shape index (κ2) is 8.86. The molecular formula is C22H27FN4O2. The molecule has 7 heteroatoms. The van der Waals surface area contributed by atoms with Gasteiger partial charge in [-0.1, -0.05) is 31.9 Å². The molecule has 29 heavy (non-hydrogen) atoms. The SMILES string of the molecule is CC1CCCCC1NC(=O)c1cnc(N2CCOCC2)nc1-c1ccccc1F. The Balaban J connectivity index is 1.68. The van der Waals surface area contributed by atoms with E-state index in [1.54, 1.807) is 18.2 Å². The first-order valence-electron chi connectivity index (χ1n) is 10.4. The highest BCUT2D eigenvalue weighted by Gasteiger charge is 2.26. The zero-order chi connectivity index (χ0) is 20.2. The van der Waals surface area contributed by atoms with E-state index in [0.29, 0.717) is 55.0 Å². The molecule has 1 saturated carbocycles. The minimum absolute atomic E-state index is 0.128. The zero-order valence-electron chi connectivity index (χ0n) is 16.7. The standard InChI is InChI=1S/C22H27FN4O2/c1-15-6-2-5-9-19(15)25-21(28)17-14-24-22(27-10-12-29-13-11-27)26-20(17)16-7-3-4-8-18(16)23/h3-4,7-8,14-15,19H,2,5-6,9-13H2,1H3,(H,25,28). The van der Waals surface area contributed by atoms with Crippen molar-refractivity contribution in [3.63, 3.8) is 0 Å². The summed E-state index contributed by atoms with van der Waals surface area (Å²) in [6.45, 7) is 4.70. The molecular weight excluding hydrogens is 371 g/mol. The summed E-state index contributed by atoms with van der Waals surface area (Å²) in [4.78, 5) is 24.1. The van der Waals surface area contributed by atoms with Crippen molar-refractivity contribution >= 4 is 11.9 Å². The van der Waals surface area contributed by atoms with Crippen LogP contribution in [0.25, 0.3) is 11.3 Å². The summed E-state index contributed by atoms with van der Waals surface area (Å²) in [5.41, 5.74) is 0.955. The predicted molar refractivity (Wildman–Crippen MR) is 109 cm³/mol. The molecule has 0 bridgehead atoms. The summed E-state index contributed by atoms with van der Waals surface area (Å²) in [7, 11) is 0. The topological polar surface area (TPSA) is 67.4 Å². The van der Waals surface area contributed by atoms with Gasteiger partial charge >= 0.3 is 0 Å². The number of carbonyl (C=O) groups excluding carboxylic acids is 1. The van der Waals surface area contributed by atoms with Crippen molar-refractivity contribution in [1.82, 2.24) is 15.3 Å². The molecule has 2 heterocycles. The fraction of sp³-hybridized carbons (Fsp3) is 0.500. The Morgan fingerprint density at radius 1 is 1.21 bits per heavy atom. The molecule has 2 aliphatic rings. The highest BCUT2D eigenvalue weighted by Crippen LogP contribution is 2.28. The Kier molecular flexibility index (Phi) is 6.04. The Morgan fingerprint density at radius 3 is 2.72 bits per heavy atom. The fourth-order valence-corrected chi connectivity index (χ4v) is 4.09. The van der Waals surface area contributed by atoms with E-state index in [9.17, 15) is 9.18 Å². The number of hydrogen-bond acceptors (Lipinski definition) is 5. The van der Waals surface area contributed by atoms with Crippen LogP contribution in [0.4, 0.5) is 10.3 Å². The summed E-state index contributed by atoms with van der Waals surface area (Å²) in [5.74, 6) is 0.280. The average Bonchev–Trinajstić information content (AvgIpc) is 2.76. The van der Waals surface area contributed by atoms with Crippen molar-refractivity contribution in [1.29, 1.82) is 0 Å². The van der Waals surface area contributed by atoms with Crippen molar-refractivity contribution < 1.29 is 13.9 Å². The Morgan fingerprint density at radius 2 is 1.97 bits per heavy atom. The van der Waals surface area contributed by atoms with E-state index in [1.165, 1.54) is 18.7 Å². The van der Waals surface area contributed by atoms with Gasteiger partial charge in [-0.3, -0.25) is 4.79 Å². The fourth-order valence-electron chi connectivity index (χ4n) is 4.09. The van der Waals surface area contributed by atoms with Crippen molar-refractivity contribution in [2.24, 2.45) is 5.92 Å². The third kappa shape index (κ3) is 4.40. The van der Waals surface area contributed by atoms with E-state index in [0.717, 1.165) is 19.3 Å². The molecule has 2 fully saturated rings. The molecule has 4 rings (SSSR count). The molecule has 0 spiro atoms. The Labute approximate surface area is 170 Å². The van der Waals surface area contributed by atoms with Crippen molar-refractivity contribution in [2.75, 3.05) is 31.2 Å². The van der Waals surface area contributed by atoms with Crippen LogP contribution in [0.15, 0.2) is 30.5 Å². The molecule has 1 aromatic carbocycles. The first-order valence-corrected chi connectivity index (χ1v) is 10.4. The minimum Gasteiger partial charge on any atom is -0.378 e. The number of hydrogen-bond donors (Lipinski definition) is 1. The summed E-state index contributed by atoms with van der Waals surface area (Å²) in [5, 5.41) is 3.14. The monoisotopic (exact) mass is 398 g/mol. The largest absolute Gasteiger partial charge is 0.378 e. The number of rotatable bonds is 4. The van der Waals surface area contributed by atoms with Gasteiger partial charge in [0.05, 0.1) is 24.5 Å². The van der Waals surface area contributed by atoms with Gasteiger partial charge in [-0.05, 0) is 30.9 Å². The molecule has 2 aromatic rings. The molecule has 1 aliphatic carbocycles. The molecule has 2 atom stereocenters. The van der Waals surface area contributed by atoms with Gasteiger partial charge in [0.2, 0.25) is 5.95 Å². The second-order valence-electron chi connectivity index (χ2n) is 7.85. The van der Waals surface area contributed by atoms with Gasteiger partial charge in [0.1, 0.15) is 5.82 Å². The number of amides is 1. The van der Waals surface area contributed by atoms with Gasteiger partial charge in [0, 0.05) is 30.9 Å². The molecule has 1 N–H and O–H groups in total. The first-order chi connectivity index (χ1) is 14.1. The Hall–Kier alpha value is -2.54. The van der Waals surface area contributed by atoms with E-state index < -0.39 is 5.82 Å².